The van der Waals surface area contributed by atoms with Crippen molar-refractivity contribution in [2.75, 3.05) is 0 Å². The highest BCUT2D eigenvalue weighted by atomic mass is 32.2. The largest absolute Gasteiger partial charge is 0.297 e. The Labute approximate surface area is 124 Å². The van der Waals surface area contributed by atoms with Crippen molar-refractivity contribution in [3.8, 4) is 0 Å². The van der Waals surface area contributed by atoms with Crippen LogP contribution in [-0.2, 0) is 19.9 Å². The normalized spacial score (nSPS) is 17.2. The summed E-state index contributed by atoms with van der Waals surface area (Å²) >= 11 is 0. The smallest absolute Gasteiger partial charge is 0.258 e. The number of hydrogen-bond acceptors (Lipinski definition) is 4. The Hall–Kier alpha value is -1.72. The third-order valence-electron chi connectivity index (χ3n) is 3.87. The van der Waals surface area contributed by atoms with Crippen LogP contribution in [0.15, 0.2) is 53.6 Å². The molecule has 3 rings (SSSR count). The molecule has 21 heavy (non-hydrogen) atoms. The first-order chi connectivity index (χ1) is 10.0. The molecule has 110 valence electrons. The van der Waals surface area contributed by atoms with Gasteiger partial charge in [-0.05, 0) is 50.5 Å². The Morgan fingerprint density at radius 2 is 1.81 bits per heavy atom. The first-order valence-electron chi connectivity index (χ1n) is 6.96. The quantitative estimate of drug-likeness (QED) is 0.814. The van der Waals surface area contributed by atoms with Crippen molar-refractivity contribution in [1.29, 1.82) is 0 Å². The van der Waals surface area contributed by atoms with Gasteiger partial charge >= 0.3 is 0 Å². The summed E-state index contributed by atoms with van der Waals surface area (Å²) in [6, 6.07) is 12.2. The maximum atomic E-state index is 12.5. The maximum Gasteiger partial charge on any atom is 0.297 e. The molecule has 1 saturated carbocycles. The van der Waals surface area contributed by atoms with Gasteiger partial charge < -0.3 is 0 Å². The zero-order chi connectivity index (χ0) is 14.9. The Kier molecular flexibility index (Phi) is 3.55. The van der Waals surface area contributed by atoms with Gasteiger partial charge in [-0.15, -0.1) is 0 Å². The van der Waals surface area contributed by atoms with Gasteiger partial charge in [-0.2, -0.15) is 8.42 Å². The Balaban J connectivity index is 1.92. The molecule has 4 nitrogen and oxygen atoms in total. The Morgan fingerprint density at radius 1 is 1.10 bits per heavy atom. The summed E-state index contributed by atoms with van der Waals surface area (Å²) in [5, 5.41) is 0. The molecular formula is C16H17NO3S. The Bertz CT molecular complexity index is 720. The highest BCUT2D eigenvalue weighted by Gasteiger charge is 2.45. The molecule has 0 radical (unpaired) electrons. The lowest BCUT2D eigenvalue weighted by atomic mass is 9.77. The second-order valence-electron chi connectivity index (χ2n) is 5.41. The van der Waals surface area contributed by atoms with Crippen molar-refractivity contribution in [3.63, 3.8) is 0 Å². The van der Waals surface area contributed by atoms with Gasteiger partial charge in [0.1, 0.15) is 5.60 Å². The van der Waals surface area contributed by atoms with Crippen LogP contribution in [0.25, 0.3) is 0 Å². The summed E-state index contributed by atoms with van der Waals surface area (Å²) < 4.78 is 30.5. The molecule has 5 heteroatoms. The van der Waals surface area contributed by atoms with Crippen LogP contribution < -0.4 is 0 Å². The SMILES string of the molecule is Cc1ccc(S(=O)(=O)OC2(c3ccccn3)CCC2)cc1. The highest BCUT2D eigenvalue weighted by molar-refractivity contribution is 7.86. The number of rotatable bonds is 4. The van der Waals surface area contributed by atoms with E-state index in [-0.39, 0.29) is 4.90 Å². The summed E-state index contributed by atoms with van der Waals surface area (Å²) in [6.07, 6.45) is 3.96. The van der Waals surface area contributed by atoms with Gasteiger partial charge in [-0.1, -0.05) is 23.8 Å². The average Bonchev–Trinajstić information content (AvgIpc) is 2.44. The summed E-state index contributed by atoms with van der Waals surface area (Å²) in [4.78, 5) is 4.47. The predicted octanol–water partition coefficient (Wildman–Crippen LogP) is 3.17. The van der Waals surface area contributed by atoms with Crippen molar-refractivity contribution < 1.29 is 12.6 Å². The molecule has 1 aromatic carbocycles. The van der Waals surface area contributed by atoms with Crippen molar-refractivity contribution in [1.82, 2.24) is 4.98 Å². The number of aromatic nitrogens is 1. The third kappa shape index (κ3) is 2.71. The number of nitrogens with zero attached hydrogens (tertiary/aromatic N) is 1. The lowest BCUT2D eigenvalue weighted by Gasteiger charge is -2.39. The second kappa shape index (κ2) is 5.24. The van der Waals surface area contributed by atoms with Crippen molar-refractivity contribution >= 4 is 10.1 Å². The molecule has 1 aliphatic carbocycles. The van der Waals surface area contributed by atoms with Crippen LogP contribution >= 0.6 is 0 Å². The maximum absolute atomic E-state index is 12.5. The van der Waals surface area contributed by atoms with Gasteiger partial charge in [0, 0.05) is 6.20 Å². The van der Waals surface area contributed by atoms with Gasteiger partial charge in [0.25, 0.3) is 10.1 Å². The van der Waals surface area contributed by atoms with E-state index in [4.69, 9.17) is 4.18 Å². The minimum absolute atomic E-state index is 0.190. The molecule has 0 aliphatic heterocycles. The van der Waals surface area contributed by atoms with Crippen LogP contribution in [0, 0.1) is 6.92 Å². The zero-order valence-corrected chi connectivity index (χ0v) is 12.6. The van der Waals surface area contributed by atoms with E-state index in [0.29, 0.717) is 18.5 Å². The summed E-state index contributed by atoms with van der Waals surface area (Å²) in [5.74, 6) is 0. The minimum Gasteiger partial charge on any atom is -0.258 e. The fraction of sp³-hybridized carbons (Fsp3) is 0.312. The minimum atomic E-state index is -3.78. The standard InChI is InChI=1S/C16H17NO3S/c1-13-6-8-14(9-7-13)21(18,19)20-16(10-4-11-16)15-5-2-3-12-17-15/h2-3,5-9,12H,4,10-11H2,1H3. The predicted molar refractivity (Wildman–Crippen MR) is 79.2 cm³/mol. The number of hydrogen-bond donors (Lipinski definition) is 0. The molecule has 0 saturated heterocycles. The summed E-state index contributed by atoms with van der Waals surface area (Å²) in [7, 11) is -3.78. The third-order valence-corrected chi connectivity index (χ3v) is 5.26. The fourth-order valence-electron chi connectivity index (χ4n) is 2.48. The van der Waals surface area contributed by atoms with E-state index < -0.39 is 15.7 Å². The number of pyridine rings is 1. The van der Waals surface area contributed by atoms with Crippen molar-refractivity contribution in [2.45, 2.75) is 36.7 Å². The molecule has 0 N–H and O–H groups in total. The van der Waals surface area contributed by atoms with Crippen LogP contribution in [0.4, 0.5) is 0 Å². The van der Waals surface area contributed by atoms with Crippen LogP contribution in [-0.4, -0.2) is 13.4 Å². The monoisotopic (exact) mass is 303 g/mol. The van der Waals surface area contributed by atoms with E-state index in [2.05, 4.69) is 4.98 Å². The number of benzene rings is 1. The molecule has 0 amide bonds. The molecule has 1 aromatic heterocycles. The topological polar surface area (TPSA) is 56.3 Å². The number of aryl methyl sites for hydroxylation is 1. The van der Waals surface area contributed by atoms with Gasteiger partial charge in [0.2, 0.25) is 0 Å². The van der Waals surface area contributed by atoms with Crippen molar-refractivity contribution in [3.05, 3.63) is 59.9 Å². The van der Waals surface area contributed by atoms with E-state index in [9.17, 15) is 8.42 Å². The van der Waals surface area contributed by atoms with Crippen LogP contribution in [0.2, 0.25) is 0 Å². The molecule has 0 unspecified atom stereocenters. The Morgan fingerprint density at radius 3 is 2.33 bits per heavy atom. The highest BCUT2D eigenvalue weighted by Crippen LogP contribution is 2.45. The molecule has 0 bridgehead atoms. The van der Waals surface area contributed by atoms with E-state index >= 15 is 0 Å². The molecule has 0 atom stereocenters. The summed E-state index contributed by atoms with van der Waals surface area (Å²) in [5.41, 5.74) is 0.898. The first-order valence-corrected chi connectivity index (χ1v) is 8.37. The lowest BCUT2D eigenvalue weighted by Crippen LogP contribution is -2.39. The molecule has 1 aliphatic rings. The van der Waals surface area contributed by atoms with Crippen LogP contribution in [0.5, 0.6) is 0 Å². The van der Waals surface area contributed by atoms with Gasteiger partial charge in [0.05, 0.1) is 10.6 Å². The average molecular weight is 303 g/mol. The van der Waals surface area contributed by atoms with Gasteiger partial charge in [-0.25, -0.2) is 0 Å². The van der Waals surface area contributed by atoms with Crippen molar-refractivity contribution in [2.24, 2.45) is 0 Å². The molecule has 1 heterocycles. The van der Waals surface area contributed by atoms with E-state index in [1.807, 2.05) is 25.1 Å². The second-order valence-corrected chi connectivity index (χ2v) is 6.96. The fourth-order valence-corrected chi connectivity index (χ4v) is 3.71. The van der Waals surface area contributed by atoms with Gasteiger partial charge in [-0.3, -0.25) is 9.17 Å². The van der Waals surface area contributed by atoms with E-state index in [1.165, 1.54) is 0 Å². The van der Waals surface area contributed by atoms with E-state index in [0.717, 1.165) is 12.0 Å². The van der Waals surface area contributed by atoms with E-state index in [1.54, 1.807) is 30.5 Å². The van der Waals surface area contributed by atoms with Gasteiger partial charge in [0.15, 0.2) is 0 Å². The summed E-state index contributed by atoms with van der Waals surface area (Å²) in [6.45, 7) is 1.92. The molecule has 0 spiro atoms. The first kappa shape index (κ1) is 14.2. The van der Waals surface area contributed by atoms with Crippen LogP contribution in [0.1, 0.15) is 30.5 Å². The molecular weight excluding hydrogens is 286 g/mol. The van der Waals surface area contributed by atoms with Crippen LogP contribution in [0.3, 0.4) is 0 Å². The zero-order valence-electron chi connectivity index (χ0n) is 11.8. The molecule has 1 fully saturated rings. The molecule has 2 aromatic rings. The lowest BCUT2D eigenvalue weighted by molar-refractivity contribution is -0.00975.